The van der Waals surface area contributed by atoms with Gasteiger partial charge in [-0.1, -0.05) is 13.8 Å². The van der Waals surface area contributed by atoms with E-state index in [4.69, 9.17) is 10.5 Å². The highest BCUT2D eigenvalue weighted by molar-refractivity contribution is 4.77. The van der Waals surface area contributed by atoms with Gasteiger partial charge in [-0.3, -0.25) is 4.90 Å². The summed E-state index contributed by atoms with van der Waals surface area (Å²) >= 11 is 0. The summed E-state index contributed by atoms with van der Waals surface area (Å²) < 4.78 is 5.70. The first kappa shape index (κ1) is 12.9. The van der Waals surface area contributed by atoms with E-state index in [0.29, 0.717) is 24.2 Å². The lowest BCUT2D eigenvalue weighted by Crippen LogP contribution is -2.49. The molecule has 1 aliphatic heterocycles. The normalized spacial score (nSPS) is 30.8. The molecule has 90 valence electrons. The van der Waals surface area contributed by atoms with Crippen LogP contribution in [0.1, 0.15) is 34.1 Å². The lowest BCUT2D eigenvalue weighted by atomic mass is 10.0. The summed E-state index contributed by atoms with van der Waals surface area (Å²) in [5.41, 5.74) is 6.11. The SMILES string of the molecule is CC(C)CC(N)CN1CC(C)OC(C)C1. The topological polar surface area (TPSA) is 38.5 Å². The van der Waals surface area contributed by atoms with Crippen molar-refractivity contribution in [3.8, 4) is 0 Å². The predicted octanol–water partition coefficient (Wildman–Crippen LogP) is 1.47. The van der Waals surface area contributed by atoms with E-state index in [-0.39, 0.29) is 0 Å². The number of hydrogen-bond donors (Lipinski definition) is 1. The molecule has 0 radical (unpaired) electrons. The molecule has 0 spiro atoms. The van der Waals surface area contributed by atoms with Crippen LogP contribution in [0.3, 0.4) is 0 Å². The molecular weight excluding hydrogens is 188 g/mol. The van der Waals surface area contributed by atoms with Crippen molar-refractivity contribution in [2.45, 2.75) is 52.4 Å². The number of nitrogens with two attached hydrogens (primary N) is 1. The minimum absolute atomic E-state index is 0.308. The molecule has 15 heavy (non-hydrogen) atoms. The van der Waals surface area contributed by atoms with E-state index in [1.807, 2.05) is 0 Å². The lowest BCUT2D eigenvalue weighted by Gasteiger charge is -2.36. The fourth-order valence-electron chi connectivity index (χ4n) is 2.45. The zero-order chi connectivity index (χ0) is 11.4. The Morgan fingerprint density at radius 2 is 1.80 bits per heavy atom. The van der Waals surface area contributed by atoms with Crippen LogP contribution >= 0.6 is 0 Å². The highest BCUT2D eigenvalue weighted by atomic mass is 16.5. The standard InChI is InChI=1S/C12H26N2O/c1-9(2)5-12(13)8-14-6-10(3)15-11(4)7-14/h9-12H,5-8,13H2,1-4H3. The second-order valence-corrected chi connectivity index (χ2v) is 5.37. The molecule has 1 aliphatic rings. The third-order valence-corrected chi connectivity index (χ3v) is 2.76. The third-order valence-electron chi connectivity index (χ3n) is 2.76. The van der Waals surface area contributed by atoms with Gasteiger partial charge in [-0.05, 0) is 26.2 Å². The van der Waals surface area contributed by atoms with Crippen LogP contribution in [0.25, 0.3) is 0 Å². The summed E-state index contributed by atoms with van der Waals surface area (Å²) in [6, 6.07) is 0.308. The Morgan fingerprint density at radius 3 is 2.27 bits per heavy atom. The second kappa shape index (κ2) is 5.83. The number of nitrogens with zero attached hydrogens (tertiary/aromatic N) is 1. The molecule has 0 aromatic carbocycles. The molecule has 0 saturated carbocycles. The molecule has 3 heteroatoms. The summed E-state index contributed by atoms with van der Waals surface area (Å²) in [5, 5.41) is 0. The maximum atomic E-state index is 6.11. The van der Waals surface area contributed by atoms with E-state index in [1.165, 1.54) is 0 Å². The van der Waals surface area contributed by atoms with Gasteiger partial charge in [0.05, 0.1) is 12.2 Å². The zero-order valence-corrected chi connectivity index (χ0v) is 10.6. The van der Waals surface area contributed by atoms with Gasteiger partial charge in [0.1, 0.15) is 0 Å². The Balaban J connectivity index is 2.30. The average molecular weight is 214 g/mol. The summed E-state index contributed by atoms with van der Waals surface area (Å²) in [6.07, 6.45) is 1.81. The lowest BCUT2D eigenvalue weighted by molar-refractivity contribution is -0.0693. The molecule has 1 rings (SSSR count). The zero-order valence-electron chi connectivity index (χ0n) is 10.6. The van der Waals surface area contributed by atoms with Crippen LogP contribution in [-0.4, -0.2) is 42.8 Å². The number of morpholine rings is 1. The van der Waals surface area contributed by atoms with Crippen molar-refractivity contribution in [3.63, 3.8) is 0 Å². The van der Waals surface area contributed by atoms with Crippen LogP contribution in [0.15, 0.2) is 0 Å². The van der Waals surface area contributed by atoms with Gasteiger partial charge in [-0.15, -0.1) is 0 Å². The largest absolute Gasteiger partial charge is 0.373 e. The first-order chi connectivity index (χ1) is 6.97. The molecular formula is C12H26N2O. The summed E-state index contributed by atoms with van der Waals surface area (Å²) in [5.74, 6) is 0.691. The van der Waals surface area contributed by atoms with Gasteiger partial charge in [0.15, 0.2) is 0 Å². The van der Waals surface area contributed by atoms with E-state index in [1.54, 1.807) is 0 Å². The van der Waals surface area contributed by atoms with Crippen molar-refractivity contribution >= 4 is 0 Å². The molecule has 1 saturated heterocycles. The Labute approximate surface area is 94.0 Å². The third kappa shape index (κ3) is 4.96. The molecule has 0 aromatic rings. The Morgan fingerprint density at radius 1 is 1.27 bits per heavy atom. The van der Waals surface area contributed by atoms with E-state index >= 15 is 0 Å². The molecule has 1 fully saturated rings. The molecule has 0 aliphatic carbocycles. The van der Waals surface area contributed by atoms with Crippen molar-refractivity contribution in [1.29, 1.82) is 0 Å². The first-order valence-corrected chi connectivity index (χ1v) is 6.10. The second-order valence-electron chi connectivity index (χ2n) is 5.37. The van der Waals surface area contributed by atoms with Crippen molar-refractivity contribution in [2.24, 2.45) is 11.7 Å². The van der Waals surface area contributed by atoms with Crippen LogP contribution in [0.4, 0.5) is 0 Å². The number of ether oxygens (including phenoxy) is 1. The minimum Gasteiger partial charge on any atom is -0.373 e. The van der Waals surface area contributed by atoms with Gasteiger partial charge in [-0.25, -0.2) is 0 Å². The maximum Gasteiger partial charge on any atom is 0.0678 e. The van der Waals surface area contributed by atoms with Crippen molar-refractivity contribution < 1.29 is 4.74 Å². The molecule has 2 N–H and O–H groups in total. The van der Waals surface area contributed by atoms with Crippen molar-refractivity contribution in [2.75, 3.05) is 19.6 Å². The molecule has 0 aromatic heterocycles. The smallest absolute Gasteiger partial charge is 0.0678 e. The number of hydrogen-bond acceptors (Lipinski definition) is 3. The Bertz CT molecular complexity index is 174. The van der Waals surface area contributed by atoms with Gasteiger partial charge in [0.25, 0.3) is 0 Å². The fourth-order valence-corrected chi connectivity index (χ4v) is 2.45. The molecule has 0 bridgehead atoms. The van der Waals surface area contributed by atoms with Crippen LogP contribution in [0.2, 0.25) is 0 Å². The quantitative estimate of drug-likeness (QED) is 0.770. The first-order valence-electron chi connectivity index (χ1n) is 6.10. The fraction of sp³-hybridized carbons (Fsp3) is 1.00. The van der Waals surface area contributed by atoms with Gasteiger partial charge >= 0.3 is 0 Å². The minimum atomic E-state index is 0.308. The van der Waals surface area contributed by atoms with Crippen LogP contribution in [0, 0.1) is 5.92 Å². The molecule has 3 nitrogen and oxygen atoms in total. The van der Waals surface area contributed by atoms with E-state index in [2.05, 4.69) is 32.6 Å². The molecule has 1 heterocycles. The predicted molar refractivity (Wildman–Crippen MR) is 63.9 cm³/mol. The highest BCUT2D eigenvalue weighted by Crippen LogP contribution is 2.12. The monoisotopic (exact) mass is 214 g/mol. The van der Waals surface area contributed by atoms with Crippen LogP contribution < -0.4 is 5.73 Å². The summed E-state index contributed by atoms with van der Waals surface area (Å²) in [4.78, 5) is 2.44. The van der Waals surface area contributed by atoms with E-state index in [9.17, 15) is 0 Å². The van der Waals surface area contributed by atoms with Crippen molar-refractivity contribution in [1.82, 2.24) is 4.90 Å². The number of rotatable bonds is 4. The van der Waals surface area contributed by atoms with Gasteiger partial charge < -0.3 is 10.5 Å². The summed E-state index contributed by atoms with van der Waals surface area (Å²) in [6.45, 7) is 11.8. The Hall–Kier alpha value is -0.120. The van der Waals surface area contributed by atoms with Crippen LogP contribution in [0.5, 0.6) is 0 Å². The maximum absolute atomic E-state index is 6.11. The van der Waals surface area contributed by atoms with Crippen molar-refractivity contribution in [3.05, 3.63) is 0 Å². The molecule has 0 amide bonds. The van der Waals surface area contributed by atoms with Gasteiger partial charge in [-0.2, -0.15) is 0 Å². The van der Waals surface area contributed by atoms with Gasteiger partial charge in [0, 0.05) is 25.7 Å². The molecule has 3 unspecified atom stereocenters. The highest BCUT2D eigenvalue weighted by Gasteiger charge is 2.23. The Kier molecular flexibility index (Phi) is 5.03. The van der Waals surface area contributed by atoms with E-state index in [0.717, 1.165) is 26.1 Å². The summed E-state index contributed by atoms with van der Waals surface area (Å²) in [7, 11) is 0. The van der Waals surface area contributed by atoms with Crippen LogP contribution in [-0.2, 0) is 4.74 Å². The average Bonchev–Trinajstić information content (AvgIpc) is 1.98. The van der Waals surface area contributed by atoms with Gasteiger partial charge in [0.2, 0.25) is 0 Å². The molecule has 3 atom stereocenters. The van der Waals surface area contributed by atoms with E-state index < -0.39 is 0 Å².